The van der Waals surface area contributed by atoms with E-state index in [-0.39, 0.29) is 16.6 Å². The molecule has 1 aromatic heterocycles. The second kappa shape index (κ2) is 6.54. The topological polar surface area (TPSA) is 89.0 Å². The van der Waals surface area contributed by atoms with Crippen molar-refractivity contribution in [2.24, 2.45) is 0 Å². The molecular weight excluding hydrogens is 330 g/mol. The van der Waals surface area contributed by atoms with Gasteiger partial charge in [-0.15, -0.1) is 10.2 Å². The van der Waals surface area contributed by atoms with E-state index in [1.807, 2.05) is 6.92 Å². The van der Waals surface area contributed by atoms with Crippen LogP contribution in [-0.4, -0.2) is 36.5 Å². The van der Waals surface area contributed by atoms with Crippen molar-refractivity contribution >= 4 is 44.5 Å². The molecule has 0 radical (unpaired) electrons. The highest BCUT2D eigenvalue weighted by Gasteiger charge is 2.09. The summed E-state index contributed by atoms with van der Waals surface area (Å²) in [6, 6.07) is 6.06. The Morgan fingerprint density at radius 3 is 2.48 bits per heavy atom. The van der Waals surface area contributed by atoms with Crippen molar-refractivity contribution in [1.82, 2.24) is 10.2 Å². The molecule has 1 N–H and O–H groups in total. The monoisotopic (exact) mass is 343 g/mol. The van der Waals surface area contributed by atoms with Crippen molar-refractivity contribution in [2.45, 2.75) is 16.2 Å². The summed E-state index contributed by atoms with van der Waals surface area (Å²) in [5.41, 5.74) is 0.557. The first-order chi connectivity index (χ1) is 9.84. The zero-order valence-corrected chi connectivity index (χ0v) is 13.8. The number of hydrogen-bond donors (Lipinski definition) is 1. The highest BCUT2D eigenvalue weighted by molar-refractivity contribution is 8.01. The number of benzene rings is 1. The molecule has 1 heterocycles. The van der Waals surface area contributed by atoms with Gasteiger partial charge in [0, 0.05) is 11.9 Å². The van der Waals surface area contributed by atoms with Crippen LogP contribution in [0.3, 0.4) is 0 Å². The molecule has 0 unspecified atom stereocenters. The SMILES string of the molecule is Cc1nnc(SCC(=O)Nc2ccc(S(C)(=O)=O)cc2)s1. The number of nitrogens with one attached hydrogen (secondary N) is 1. The Morgan fingerprint density at radius 1 is 1.29 bits per heavy atom. The standard InChI is InChI=1S/C12H13N3O3S3/c1-8-14-15-12(20-8)19-7-11(16)13-9-3-5-10(6-4-9)21(2,17)18/h3-6H,7H2,1-2H3,(H,13,16). The lowest BCUT2D eigenvalue weighted by Gasteiger charge is -2.05. The van der Waals surface area contributed by atoms with Gasteiger partial charge in [0.1, 0.15) is 5.01 Å². The van der Waals surface area contributed by atoms with E-state index in [1.54, 1.807) is 12.1 Å². The highest BCUT2D eigenvalue weighted by atomic mass is 32.2. The molecule has 1 aromatic carbocycles. The minimum Gasteiger partial charge on any atom is -0.325 e. The van der Waals surface area contributed by atoms with Gasteiger partial charge in [0.25, 0.3) is 0 Å². The zero-order chi connectivity index (χ0) is 15.5. The van der Waals surface area contributed by atoms with Crippen molar-refractivity contribution < 1.29 is 13.2 Å². The Kier molecular flexibility index (Phi) is 4.96. The van der Waals surface area contributed by atoms with E-state index < -0.39 is 9.84 Å². The van der Waals surface area contributed by atoms with Gasteiger partial charge in [-0.1, -0.05) is 23.1 Å². The molecular formula is C12H13N3O3S3. The van der Waals surface area contributed by atoms with Crippen LogP contribution in [0.4, 0.5) is 5.69 Å². The van der Waals surface area contributed by atoms with E-state index in [1.165, 1.54) is 35.2 Å². The van der Waals surface area contributed by atoms with E-state index in [4.69, 9.17) is 0 Å². The van der Waals surface area contributed by atoms with Crippen LogP contribution in [0.25, 0.3) is 0 Å². The molecule has 6 nitrogen and oxygen atoms in total. The molecule has 0 saturated heterocycles. The van der Waals surface area contributed by atoms with E-state index in [0.717, 1.165) is 15.6 Å². The van der Waals surface area contributed by atoms with Crippen LogP contribution in [0.1, 0.15) is 5.01 Å². The molecule has 2 aromatic rings. The van der Waals surface area contributed by atoms with Gasteiger partial charge in [-0.25, -0.2) is 8.42 Å². The molecule has 0 saturated carbocycles. The lowest BCUT2D eigenvalue weighted by molar-refractivity contribution is -0.113. The van der Waals surface area contributed by atoms with Crippen molar-refractivity contribution in [3.05, 3.63) is 29.3 Å². The van der Waals surface area contributed by atoms with Gasteiger partial charge in [0.05, 0.1) is 10.6 Å². The summed E-state index contributed by atoms with van der Waals surface area (Å²) in [7, 11) is -3.22. The zero-order valence-electron chi connectivity index (χ0n) is 11.4. The quantitative estimate of drug-likeness (QED) is 0.835. The van der Waals surface area contributed by atoms with E-state index >= 15 is 0 Å². The normalized spacial score (nSPS) is 11.3. The van der Waals surface area contributed by atoms with E-state index in [2.05, 4.69) is 15.5 Å². The number of thioether (sulfide) groups is 1. The molecule has 9 heteroatoms. The highest BCUT2D eigenvalue weighted by Crippen LogP contribution is 2.22. The van der Waals surface area contributed by atoms with E-state index in [9.17, 15) is 13.2 Å². The van der Waals surface area contributed by atoms with Crippen LogP contribution >= 0.6 is 23.1 Å². The summed E-state index contributed by atoms with van der Waals surface area (Å²) in [6.45, 7) is 1.85. The molecule has 21 heavy (non-hydrogen) atoms. The first-order valence-electron chi connectivity index (χ1n) is 5.87. The third-order valence-electron chi connectivity index (χ3n) is 2.40. The third-order valence-corrected chi connectivity index (χ3v) is 5.50. The van der Waals surface area contributed by atoms with Crippen LogP contribution in [0.5, 0.6) is 0 Å². The number of hydrogen-bond acceptors (Lipinski definition) is 7. The Bertz CT molecular complexity index is 739. The number of amides is 1. The Labute approximate surface area is 130 Å². The summed E-state index contributed by atoms with van der Waals surface area (Å²) in [5, 5.41) is 11.3. The summed E-state index contributed by atoms with van der Waals surface area (Å²) < 4.78 is 23.4. The number of aromatic nitrogens is 2. The summed E-state index contributed by atoms with van der Waals surface area (Å²) in [6.07, 6.45) is 1.14. The number of sulfone groups is 1. The Hall–Kier alpha value is -1.45. The predicted octanol–water partition coefficient (Wildman–Crippen LogP) is 1.98. The van der Waals surface area contributed by atoms with Crippen molar-refractivity contribution in [2.75, 3.05) is 17.3 Å². The number of carbonyl (C=O) groups excluding carboxylic acids is 1. The minimum atomic E-state index is -3.22. The fourth-order valence-electron chi connectivity index (χ4n) is 1.45. The van der Waals surface area contributed by atoms with Crippen LogP contribution < -0.4 is 5.32 Å². The first-order valence-corrected chi connectivity index (χ1v) is 9.57. The molecule has 0 fully saturated rings. The number of aryl methyl sites for hydroxylation is 1. The lowest BCUT2D eigenvalue weighted by atomic mass is 10.3. The molecule has 0 aliphatic rings. The van der Waals surface area contributed by atoms with Crippen LogP contribution in [-0.2, 0) is 14.6 Å². The molecule has 0 spiro atoms. The smallest absolute Gasteiger partial charge is 0.234 e. The first kappa shape index (κ1) is 15.9. The van der Waals surface area contributed by atoms with Crippen molar-refractivity contribution in [3.8, 4) is 0 Å². The number of rotatable bonds is 5. The average Bonchev–Trinajstić information content (AvgIpc) is 2.82. The maximum atomic E-state index is 11.8. The summed E-state index contributed by atoms with van der Waals surface area (Å²) >= 11 is 2.75. The van der Waals surface area contributed by atoms with Crippen LogP contribution in [0.2, 0.25) is 0 Å². The third kappa shape index (κ3) is 4.80. The Morgan fingerprint density at radius 2 is 1.95 bits per heavy atom. The molecule has 2 rings (SSSR count). The second-order valence-corrected chi connectivity index (χ2v) is 8.64. The predicted molar refractivity (Wildman–Crippen MR) is 83.6 cm³/mol. The van der Waals surface area contributed by atoms with Gasteiger partial charge >= 0.3 is 0 Å². The van der Waals surface area contributed by atoms with Gasteiger partial charge < -0.3 is 5.32 Å². The lowest BCUT2D eigenvalue weighted by Crippen LogP contribution is -2.14. The average molecular weight is 343 g/mol. The number of nitrogens with zero attached hydrogens (tertiary/aromatic N) is 2. The molecule has 0 bridgehead atoms. The number of anilines is 1. The number of carbonyl (C=O) groups is 1. The summed E-state index contributed by atoms with van der Waals surface area (Å²) in [5.74, 6) is 0.0441. The fourth-order valence-corrected chi connectivity index (χ4v) is 3.69. The second-order valence-electron chi connectivity index (χ2n) is 4.22. The molecule has 0 atom stereocenters. The van der Waals surface area contributed by atoms with Gasteiger partial charge in [-0.2, -0.15) is 0 Å². The van der Waals surface area contributed by atoms with Crippen molar-refractivity contribution in [3.63, 3.8) is 0 Å². The van der Waals surface area contributed by atoms with Gasteiger partial charge in [-0.3, -0.25) is 4.79 Å². The maximum absolute atomic E-state index is 11.8. The maximum Gasteiger partial charge on any atom is 0.234 e. The van der Waals surface area contributed by atoms with Crippen molar-refractivity contribution in [1.29, 1.82) is 0 Å². The van der Waals surface area contributed by atoms with Crippen LogP contribution in [0, 0.1) is 6.92 Å². The molecule has 0 aliphatic carbocycles. The van der Waals surface area contributed by atoms with Gasteiger partial charge in [0.15, 0.2) is 14.2 Å². The van der Waals surface area contributed by atoms with E-state index in [0.29, 0.717) is 5.69 Å². The summed E-state index contributed by atoms with van der Waals surface area (Å²) in [4.78, 5) is 12.0. The van der Waals surface area contributed by atoms with Gasteiger partial charge in [-0.05, 0) is 31.2 Å². The fraction of sp³-hybridized carbons (Fsp3) is 0.250. The molecule has 0 aliphatic heterocycles. The molecule has 112 valence electrons. The largest absolute Gasteiger partial charge is 0.325 e. The van der Waals surface area contributed by atoms with Crippen LogP contribution in [0.15, 0.2) is 33.5 Å². The molecule has 1 amide bonds. The minimum absolute atomic E-state index is 0.181. The Balaban J connectivity index is 1.90. The van der Waals surface area contributed by atoms with Gasteiger partial charge in [0.2, 0.25) is 5.91 Å².